The summed E-state index contributed by atoms with van der Waals surface area (Å²) in [7, 11) is 1.85. The maximum atomic E-state index is 14.3. The summed E-state index contributed by atoms with van der Waals surface area (Å²) in [5.74, 6) is 0.710. The number of rotatable bonds is 6. The average molecular weight is 420 g/mol. The Hall–Kier alpha value is -1.73. The van der Waals surface area contributed by atoms with Crippen molar-refractivity contribution in [1.29, 1.82) is 0 Å². The highest BCUT2D eigenvalue weighted by atomic mass is 19.1. The van der Waals surface area contributed by atoms with Crippen LogP contribution in [-0.2, 0) is 0 Å². The minimum atomic E-state index is -0.520. The zero-order valence-corrected chi connectivity index (χ0v) is 18.3. The van der Waals surface area contributed by atoms with Crippen molar-refractivity contribution in [3.05, 3.63) is 35.4 Å². The Labute approximate surface area is 179 Å². The van der Waals surface area contributed by atoms with Gasteiger partial charge in [0.2, 0.25) is 0 Å². The number of piperazine rings is 1. The zero-order valence-electron chi connectivity index (χ0n) is 18.3. The first-order valence-electron chi connectivity index (χ1n) is 11.5. The third-order valence-corrected chi connectivity index (χ3v) is 6.90. The standard InChI is InChI=1S/C23H35F2N5/c1-3-22(20-7-4-18(24)14-21(20)25)28-10-12-29(13-11-28)23(26-2)27-15-17-8-9-30(16-17)19-5-6-19/h4,7,14,17,19,22H,3,5-6,8-13,15-16H2,1-2H3,(H,26,27). The monoisotopic (exact) mass is 419 g/mol. The Bertz CT molecular complexity index is 743. The second-order valence-electron chi connectivity index (χ2n) is 8.92. The summed E-state index contributed by atoms with van der Waals surface area (Å²) in [5, 5.41) is 3.60. The van der Waals surface area contributed by atoms with Crippen LogP contribution in [0.4, 0.5) is 8.78 Å². The Morgan fingerprint density at radius 3 is 2.53 bits per heavy atom. The number of nitrogens with zero attached hydrogens (tertiary/aromatic N) is 4. The van der Waals surface area contributed by atoms with Gasteiger partial charge in [-0.1, -0.05) is 13.0 Å². The van der Waals surface area contributed by atoms with Gasteiger partial charge in [0.25, 0.3) is 0 Å². The molecular formula is C23H35F2N5. The van der Waals surface area contributed by atoms with Crippen molar-refractivity contribution in [1.82, 2.24) is 20.0 Å². The molecule has 0 bridgehead atoms. The molecule has 4 rings (SSSR count). The topological polar surface area (TPSA) is 34.1 Å². The van der Waals surface area contributed by atoms with Crippen LogP contribution in [0.25, 0.3) is 0 Å². The molecule has 1 aromatic carbocycles. The van der Waals surface area contributed by atoms with Crippen molar-refractivity contribution in [2.24, 2.45) is 10.9 Å². The van der Waals surface area contributed by atoms with Gasteiger partial charge < -0.3 is 15.1 Å². The molecule has 0 spiro atoms. The summed E-state index contributed by atoms with van der Waals surface area (Å²) in [6.45, 7) is 8.90. The molecule has 0 amide bonds. The third-order valence-electron chi connectivity index (χ3n) is 6.90. The minimum absolute atomic E-state index is 0.0189. The number of likely N-dealkylation sites (tertiary alicyclic amines) is 1. The van der Waals surface area contributed by atoms with E-state index in [9.17, 15) is 8.78 Å². The van der Waals surface area contributed by atoms with Gasteiger partial charge in [-0.3, -0.25) is 9.89 Å². The maximum Gasteiger partial charge on any atom is 0.193 e. The smallest absolute Gasteiger partial charge is 0.193 e. The largest absolute Gasteiger partial charge is 0.356 e. The van der Waals surface area contributed by atoms with E-state index in [4.69, 9.17) is 0 Å². The summed E-state index contributed by atoms with van der Waals surface area (Å²) < 4.78 is 27.6. The number of halogens is 2. The van der Waals surface area contributed by atoms with E-state index in [1.54, 1.807) is 6.07 Å². The first-order valence-corrected chi connectivity index (χ1v) is 11.5. The molecule has 2 heterocycles. The SMILES string of the molecule is CCC(c1ccc(F)cc1F)N1CCN(C(=NC)NCC2CCN(C3CC3)C2)CC1. The van der Waals surface area contributed by atoms with Crippen LogP contribution >= 0.6 is 0 Å². The van der Waals surface area contributed by atoms with Gasteiger partial charge in [0.15, 0.2) is 5.96 Å². The van der Waals surface area contributed by atoms with Gasteiger partial charge in [0, 0.05) is 70.0 Å². The fourth-order valence-electron chi connectivity index (χ4n) is 5.06. The summed E-state index contributed by atoms with van der Waals surface area (Å²) >= 11 is 0. The van der Waals surface area contributed by atoms with Crippen molar-refractivity contribution in [2.45, 2.75) is 44.7 Å². The number of hydrogen-bond acceptors (Lipinski definition) is 3. The van der Waals surface area contributed by atoms with Crippen LogP contribution < -0.4 is 5.32 Å². The molecule has 1 aliphatic carbocycles. The van der Waals surface area contributed by atoms with E-state index < -0.39 is 11.6 Å². The minimum Gasteiger partial charge on any atom is -0.356 e. The average Bonchev–Trinajstić information content (AvgIpc) is 3.50. The molecule has 2 saturated heterocycles. The van der Waals surface area contributed by atoms with Crippen LogP contribution in [0.2, 0.25) is 0 Å². The van der Waals surface area contributed by atoms with Gasteiger partial charge in [-0.2, -0.15) is 0 Å². The molecule has 30 heavy (non-hydrogen) atoms. The second-order valence-corrected chi connectivity index (χ2v) is 8.92. The number of benzene rings is 1. The van der Waals surface area contributed by atoms with Gasteiger partial charge in [-0.25, -0.2) is 8.78 Å². The Kier molecular flexibility index (Phi) is 6.88. The van der Waals surface area contributed by atoms with Crippen molar-refractivity contribution < 1.29 is 8.78 Å². The van der Waals surface area contributed by atoms with Crippen molar-refractivity contribution >= 4 is 5.96 Å². The van der Waals surface area contributed by atoms with Crippen molar-refractivity contribution in [3.63, 3.8) is 0 Å². The number of hydrogen-bond donors (Lipinski definition) is 1. The van der Waals surface area contributed by atoms with Crippen LogP contribution in [0, 0.1) is 17.6 Å². The van der Waals surface area contributed by atoms with E-state index >= 15 is 0 Å². The molecule has 1 aromatic rings. The lowest BCUT2D eigenvalue weighted by Gasteiger charge is -2.40. The van der Waals surface area contributed by atoms with Crippen molar-refractivity contribution in [2.75, 3.05) is 52.9 Å². The van der Waals surface area contributed by atoms with Gasteiger partial charge in [0.05, 0.1) is 0 Å². The predicted octanol–water partition coefficient (Wildman–Crippen LogP) is 3.09. The van der Waals surface area contributed by atoms with Gasteiger partial charge in [0.1, 0.15) is 11.6 Å². The van der Waals surface area contributed by atoms with Gasteiger partial charge in [-0.05, 0) is 44.2 Å². The lowest BCUT2D eigenvalue weighted by molar-refractivity contribution is 0.124. The maximum absolute atomic E-state index is 14.3. The predicted molar refractivity (Wildman–Crippen MR) is 117 cm³/mol. The molecule has 3 fully saturated rings. The number of nitrogens with one attached hydrogen (secondary N) is 1. The lowest BCUT2D eigenvalue weighted by atomic mass is 10.0. The van der Waals surface area contributed by atoms with E-state index in [1.165, 1.54) is 38.4 Å². The molecule has 2 unspecified atom stereocenters. The highest BCUT2D eigenvalue weighted by molar-refractivity contribution is 5.80. The van der Waals surface area contributed by atoms with Gasteiger partial charge >= 0.3 is 0 Å². The summed E-state index contributed by atoms with van der Waals surface area (Å²) in [6, 6.07) is 4.79. The van der Waals surface area contributed by atoms with E-state index in [1.807, 2.05) is 7.05 Å². The highest BCUT2D eigenvalue weighted by Gasteiger charge is 2.34. The molecule has 5 nitrogen and oxygen atoms in total. The van der Waals surface area contributed by atoms with Crippen LogP contribution in [0.5, 0.6) is 0 Å². The zero-order chi connectivity index (χ0) is 21.1. The molecule has 1 saturated carbocycles. The fraction of sp³-hybridized carbons (Fsp3) is 0.696. The molecule has 0 radical (unpaired) electrons. The Balaban J connectivity index is 1.28. The van der Waals surface area contributed by atoms with E-state index in [2.05, 4.69) is 31.9 Å². The second kappa shape index (κ2) is 9.60. The number of aliphatic imine (C=N–C) groups is 1. The number of guanidine groups is 1. The fourth-order valence-corrected chi connectivity index (χ4v) is 5.06. The summed E-state index contributed by atoms with van der Waals surface area (Å²) in [5.41, 5.74) is 0.594. The van der Waals surface area contributed by atoms with Crippen LogP contribution in [0.1, 0.15) is 44.2 Å². The molecule has 0 aromatic heterocycles. The molecule has 3 aliphatic rings. The molecule has 1 N–H and O–H groups in total. The van der Waals surface area contributed by atoms with E-state index in [0.29, 0.717) is 11.5 Å². The quantitative estimate of drug-likeness (QED) is 0.568. The summed E-state index contributed by atoms with van der Waals surface area (Å²) in [4.78, 5) is 11.8. The van der Waals surface area contributed by atoms with Gasteiger partial charge in [-0.15, -0.1) is 0 Å². The summed E-state index contributed by atoms with van der Waals surface area (Å²) in [6.07, 6.45) is 4.84. The Morgan fingerprint density at radius 2 is 1.90 bits per heavy atom. The first-order chi connectivity index (χ1) is 14.6. The lowest BCUT2D eigenvalue weighted by Crippen LogP contribution is -2.53. The molecule has 7 heteroatoms. The normalized spacial score (nSPS) is 25.0. The highest BCUT2D eigenvalue weighted by Crippen LogP contribution is 2.31. The third kappa shape index (κ3) is 4.94. The Morgan fingerprint density at radius 1 is 1.13 bits per heavy atom. The molecule has 166 valence electrons. The van der Waals surface area contributed by atoms with Crippen LogP contribution in [0.3, 0.4) is 0 Å². The molecule has 2 aliphatic heterocycles. The van der Waals surface area contributed by atoms with Crippen LogP contribution in [0.15, 0.2) is 23.2 Å². The first kappa shape index (κ1) is 21.5. The van der Waals surface area contributed by atoms with E-state index in [0.717, 1.165) is 57.2 Å². The van der Waals surface area contributed by atoms with E-state index in [-0.39, 0.29) is 6.04 Å². The van der Waals surface area contributed by atoms with Crippen molar-refractivity contribution in [3.8, 4) is 0 Å². The molecular weight excluding hydrogens is 384 g/mol. The van der Waals surface area contributed by atoms with Crippen LogP contribution in [-0.4, -0.2) is 79.6 Å². The molecule has 2 atom stereocenters.